The van der Waals surface area contributed by atoms with E-state index in [1.165, 1.54) is 19.9 Å². The molecule has 0 aliphatic heterocycles. The van der Waals surface area contributed by atoms with Gasteiger partial charge in [-0.3, -0.25) is 0 Å². The van der Waals surface area contributed by atoms with Crippen molar-refractivity contribution in [2.45, 2.75) is 20.8 Å². The summed E-state index contributed by atoms with van der Waals surface area (Å²) in [6, 6.07) is 6.38. The van der Waals surface area contributed by atoms with Crippen LogP contribution >= 0.6 is 20.6 Å². The van der Waals surface area contributed by atoms with E-state index in [1.807, 2.05) is 0 Å². The van der Waals surface area contributed by atoms with Gasteiger partial charge < -0.3 is 0 Å². The Morgan fingerprint density at radius 2 is 1.70 bits per heavy atom. The fraction of sp³-hybridized carbons (Fsp3) is 0.308. The van der Waals surface area contributed by atoms with E-state index in [0.717, 1.165) is 0 Å². The molecule has 0 spiro atoms. The molecule has 0 bridgehead atoms. The Hall–Kier alpha value is -1.64. The van der Waals surface area contributed by atoms with Gasteiger partial charge in [-0.2, -0.15) is 0 Å². The summed E-state index contributed by atoms with van der Waals surface area (Å²) in [7, 11) is 0. The zero-order valence-corrected chi connectivity index (χ0v) is 13.5. The maximum atomic E-state index is 11.6. The quantitative estimate of drug-likeness (QED) is 0.564. The predicted molar refractivity (Wildman–Crippen MR) is 78.6 cm³/mol. The van der Waals surface area contributed by atoms with Crippen LogP contribution in [-0.4, -0.2) is 24.5 Å². The summed E-state index contributed by atoms with van der Waals surface area (Å²) in [4.78, 5) is 33.8. The first-order valence-electron chi connectivity index (χ1n) is 5.79. The fourth-order valence-electron chi connectivity index (χ4n) is 1.23. The van der Waals surface area contributed by atoms with Crippen LogP contribution in [0.3, 0.4) is 0 Å². The molecule has 0 atom stereocenters. The predicted octanol–water partition coefficient (Wildman–Crippen LogP) is 2.50. The van der Waals surface area contributed by atoms with Gasteiger partial charge in [0.1, 0.15) is 0 Å². The van der Waals surface area contributed by atoms with E-state index < -0.39 is 38.6 Å². The first kappa shape index (κ1) is 16.4. The second-order valence-electron chi connectivity index (χ2n) is 3.59. The second-order valence-corrected chi connectivity index (χ2v) is 6.95. The number of carbonyl (C=O) groups excluding carboxylic acids is 3. The monoisotopic (exact) mass is 394 g/mol. The van der Waals surface area contributed by atoms with Crippen molar-refractivity contribution in [3.8, 4) is 0 Å². The number of benzene rings is 1. The summed E-state index contributed by atoms with van der Waals surface area (Å²) >= 11 is -2.90. The van der Waals surface area contributed by atoms with Crippen molar-refractivity contribution in [2.24, 2.45) is 0 Å². The van der Waals surface area contributed by atoms with Gasteiger partial charge in [-0.1, -0.05) is 0 Å². The summed E-state index contributed by atoms with van der Waals surface area (Å²) in [6.45, 7) is 4.45. The van der Waals surface area contributed by atoms with Crippen LogP contribution in [0.15, 0.2) is 24.3 Å². The van der Waals surface area contributed by atoms with Crippen molar-refractivity contribution in [2.75, 3.05) is 6.61 Å². The Balaban J connectivity index is 3.01. The Kier molecular flexibility index (Phi) is 6.43. The SMILES string of the molecule is CCOC(=O)c1cccc(I(OC(C)=O)OC(C)=O)c1. The molecule has 6 nitrogen and oxygen atoms in total. The molecule has 0 radical (unpaired) electrons. The number of carbonyl (C=O) groups is 3. The third kappa shape index (κ3) is 5.16. The van der Waals surface area contributed by atoms with Crippen LogP contribution in [0, 0.1) is 3.57 Å². The molecule has 0 N–H and O–H groups in total. The molecule has 0 amide bonds. The first-order valence-corrected chi connectivity index (χ1v) is 8.63. The van der Waals surface area contributed by atoms with Crippen molar-refractivity contribution in [1.29, 1.82) is 0 Å². The molecule has 1 aromatic rings. The number of hydrogen-bond acceptors (Lipinski definition) is 6. The van der Waals surface area contributed by atoms with Crippen molar-refractivity contribution in [3.05, 3.63) is 33.4 Å². The third-order valence-corrected chi connectivity index (χ3v) is 5.60. The number of halogens is 1. The van der Waals surface area contributed by atoms with Gasteiger partial charge in [-0.15, -0.1) is 0 Å². The van der Waals surface area contributed by atoms with Gasteiger partial charge >= 0.3 is 125 Å². The Labute approximate surface area is 124 Å². The molecule has 20 heavy (non-hydrogen) atoms. The minimum absolute atomic E-state index is 0.263. The summed E-state index contributed by atoms with van der Waals surface area (Å²) in [6.07, 6.45) is 0. The van der Waals surface area contributed by atoms with Gasteiger partial charge in [0.2, 0.25) is 0 Å². The van der Waals surface area contributed by atoms with Gasteiger partial charge in [-0.05, 0) is 0 Å². The molecule has 1 aromatic carbocycles. The van der Waals surface area contributed by atoms with E-state index in [0.29, 0.717) is 9.13 Å². The fourth-order valence-corrected chi connectivity index (χ4v) is 4.04. The molecule has 0 saturated carbocycles. The summed E-state index contributed by atoms with van der Waals surface area (Å²) in [5, 5.41) is 0. The standard InChI is InChI=1S/C13H15IO6/c1-4-18-13(17)11-6-5-7-12(8-11)14(19-9(2)15)20-10(3)16/h5-8H,4H2,1-3H3. The van der Waals surface area contributed by atoms with Gasteiger partial charge in [-0.25, -0.2) is 0 Å². The molecule has 0 saturated heterocycles. The van der Waals surface area contributed by atoms with Crippen LogP contribution in [0.1, 0.15) is 31.1 Å². The number of rotatable bonds is 5. The molecular weight excluding hydrogens is 379 g/mol. The van der Waals surface area contributed by atoms with E-state index in [9.17, 15) is 14.4 Å². The zero-order valence-electron chi connectivity index (χ0n) is 11.3. The molecule has 7 heteroatoms. The van der Waals surface area contributed by atoms with Crippen molar-refractivity contribution in [3.63, 3.8) is 0 Å². The van der Waals surface area contributed by atoms with Crippen molar-refractivity contribution < 1.29 is 25.3 Å². The summed E-state index contributed by atoms with van der Waals surface area (Å²) < 4.78 is 15.5. The normalized spacial score (nSPS) is 10.4. The Morgan fingerprint density at radius 3 is 2.20 bits per heavy atom. The Bertz CT molecular complexity index is 497. The van der Waals surface area contributed by atoms with Crippen LogP contribution in [0.25, 0.3) is 0 Å². The molecule has 0 aliphatic carbocycles. The maximum absolute atomic E-state index is 11.6. The van der Waals surface area contributed by atoms with Crippen LogP contribution in [-0.2, 0) is 20.5 Å². The summed E-state index contributed by atoms with van der Waals surface area (Å²) in [5.41, 5.74) is 0.325. The van der Waals surface area contributed by atoms with Crippen LogP contribution in [0.5, 0.6) is 0 Å². The number of hydrogen-bond donors (Lipinski definition) is 0. The minimum atomic E-state index is -2.90. The number of ether oxygens (including phenoxy) is 1. The average Bonchev–Trinajstić information content (AvgIpc) is 2.37. The Morgan fingerprint density at radius 1 is 1.10 bits per heavy atom. The van der Waals surface area contributed by atoms with Crippen molar-refractivity contribution in [1.82, 2.24) is 0 Å². The van der Waals surface area contributed by atoms with E-state index in [1.54, 1.807) is 25.1 Å². The third-order valence-electron chi connectivity index (χ3n) is 1.87. The van der Waals surface area contributed by atoms with E-state index in [2.05, 4.69) is 0 Å². The van der Waals surface area contributed by atoms with Crippen LogP contribution in [0.2, 0.25) is 0 Å². The van der Waals surface area contributed by atoms with Gasteiger partial charge in [0.25, 0.3) is 0 Å². The van der Waals surface area contributed by atoms with E-state index in [-0.39, 0.29) is 6.61 Å². The van der Waals surface area contributed by atoms with E-state index in [4.69, 9.17) is 10.9 Å². The first-order chi connectivity index (χ1) is 9.43. The van der Waals surface area contributed by atoms with E-state index >= 15 is 0 Å². The molecule has 0 aromatic heterocycles. The average molecular weight is 394 g/mol. The zero-order chi connectivity index (χ0) is 15.1. The summed E-state index contributed by atoms with van der Waals surface area (Å²) in [5.74, 6) is -1.54. The molecular formula is C13H15IO6. The molecule has 0 fully saturated rings. The molecule has 0 unspecified atom stereocenters. The van der Waals surface area contributed by atoms with Crippen LogP contribution in [0.4, 0.5) is 0 Å². The van der Waals surface area contributed by atoms with Crippen LogP contribution < -0.4 is 0 Å². The van der Waals surface area contributed by atoms with Crippen molar-refractivity contribution >= 4 is 38.6 Å². The van der Waals surface area contributed by atoms with Gasteiger partial charge in [0.05, 0.1) is 0 Å². The van der Waals surface area contributed by atoms with Gasteiger partial charge in [0.15, 0.2) is 0 Å². The molecule has 1 rings (SSSR count). The second kappa shape index (κ2) is 7.83. The molecule has 0 heterocycles. The number of esters is 1. The molecule has 110 valence electrons. The molecule has 0 aliphatic rings. The topological polar surface area (TPSA) is 78.9 Å². The van der Waals surface area contributed by atoms with Gasteiger partial charge in [0, 0.05) is 0 Å².